The number of aliphatic hydroxyl groups excluding tert-OH is 1. The largest absolute Gasteiger partial charge is 0.493 e. The Morgan fingerprint density at radius 1 is 1.33 bits per heavy atom. The molecule has 1 heterocycles. The van der Waals surface area contributed by atoms with Gasteiger partial charge in [0, 0.05) is 5.56 Å². The summed E-state index contributed by atoms with van der Waals surface area (Å²) in [4.78, 5) is 0. The van der Waals surface area contributed by atoms with E-state index in [-0.39, 0.29) is 5.41 Å². The number of rotatable bonds is 3. The fourth-order valence-corrected chi connectivity index (χ4v) is 2.40. The Morgan fingerprint density at radius 3 is 2.83 bits per heavy atom. The fourth-order valence-electron chi connectivity index (χ4n) is 2.40. The lowest BCUT2D eigenvalue weighted by Gasteiger charge is -2.25. The van der Waals surface area contributed by atoms with Gasteiger partial charge in [0.05, 0.1) is 12.7 Å². The minimum atomic E-state index is -0.405. The van der Waals surface area contributed by atoms with Crippen LogP contribution in [0.25, 0.3) is 0 Å². The first-order valence-electron chi connectivity index (χ1n) is 6.90. The van der Waals surface area contributed by atoms with Crippen LogP contribution in [0.1, 0.15) is 57.3 Å². The molecular weight excluding hydrogens is 224 g/mol. The van der Waals surface area contributed by atoms with Crippen molar-refractivity contribution in [2.45, 2.75) is 52.6 Å². The molecule has 1 aromatic rings. The van der Waals surface area contributed by atoms with E-state index in [1.165, 1.54) is 5.56 Å². The van der Waals surface area contributed by atoms with E-state index in [1.807, 2.05) is 12.1 Å². The third-order valence-electron chi connectivity index (χ3n) is 3.49. The molecule has 1 atom stereocenters. The standard InChI is InChI=1S/C16H24O2/c1-16(2,3)10-9-14(17)13-8-4-6-12-7-5-11-18-15(12)13/h4,6,8,14,17H,5,7,9-11H2,1-3H3. The van der Waals surface area contributed by atoms with Crippen molar-refractivity contribution in [3.05, 3.63) is 29.3 Å². The van der Waals surface area contributed by atoms with Gasteiger partial charge < -0.3 is 9.84 Å². The molecule has 0 amide bonds. The van der Waals surface area contributed by atoms with Crippen LogP contribution in [0.4, 0.5) is 0 Å². The molecule has 0 fully saturated rings. The summed E-state index contributed by atoms with van der Waals surface area (Å²) in [5.74, 6) is 0.935. The maximum absolute atomic E-state index is 10.4. The summed E-state index contributed by atoms with van der Waals surface area (Å²) < 4.78 is 5.75. The molecule has 0 saturated carbocycles. The van der Waals surface area contributed by atoms with Crippen LogP contribution in [-0.2, 0) is 6.42 Å². The molecule has 0 spiro atoms. The first-order valence-corrected chi connectivity index (χ1v) is 6.90. The van der Waals surface area contributed by atoms with E-state index >= 15 is 0 Å². The highest BCUT2D eigenvalue weighted by Crippen LogP contribution is 2.36. The quantitative estimate of drug-likeness (QED) is 0.880. The topological polar surface area (TPSA) is 29.5 Å². The smallest absolute Gasteiger partial charge is 0.128 e. The second-order valence-electron chi connectivity index (χ2n) is 6.40. The third kappa shape index (κ3) is 3.26. The predicted molar refractivity (Wildman–Crippen MR) is 73.9 cm³/mol. The van der Waals surface area contributed by atoms with Gasteiger partial charge in [0.2, 0.25) is 0 Å². The maximum atomic E-state index is 10.4. The van der Waals surface area contributed by atoms with E-state index in [0.29, 0.717) is 0 Å². The molecule has 0 bridgehead atoms. The van der Waals surface area contributed by atoms with E-state index in [1.54, 1.807) is 0 Å². The van der Waals surface area contributed by atoms with Crippen LogP contribution in [0, 0.1) is 5.41 Å². The maximum Gasteiger partial charge on any atom is 0.128 e. The minimum absolute atomic E-state index is 0.261. The van der Waals surface area contributed by atoms with Crippen molar-refractivity contribution >= 4 is 0 Å². The molecule has 18 heavy (non-hydrogen) atoms. The zero-order chi connectivity index (χ0) is 13.2. The number of fused-ring (bicyclic) bond motifs is 1. The zero-order valence-corrected chi connectivity index (χ0v) is 11.7. The molecule has 0 aromatic heterocycles. The Bertz CT molecular complexity index is 404. The molecule has 2 heteroatoms. The van der Waals surface area contributed by atoms with Crippen LogP contribution < -0.4 is 4.74 Å². The molecule has 1 aliphatic rings. The van der Waals surface area contributed by atoms with Crippen molar-refractivity contribution < 1.29 is 9.84 Å². The average Bonchev–Trinajstić information content (AvgIpc) is 2.34. The van der Waals surface area contributed by atoms with Crippen molar-refractivity contribution in [2.24, 2.45) is 5.41 Å². The Hall–Kier alpha value is -1.02. The Kier molecular flexibility index (Phi) is 3.96. The Labute approximate surface area is 110 Å². The summed E-state index contributed by atoms with van der Waals surface area (Å²) in [6.45, 7) is 7.39. The van der Waals surface area contributed by atoms with Gasteiger partial charge in [0.25, 0.3) is 0 Å². The van der Waals surface area contributed by atoms with Gasteiger partial charge in [-0.3, -0.25) is 0 Å². The summed E-state index contributed by atoms with van der Waals surface area (Å²) in [6, 6.07) is 6.13. The molecule has 2 nitrogen and oxygen atoms in total. The zero-order valence-electron chi connectivity index (χ0n) is 11.7. The van der Waals surface area contributed by atoms with Gasteiger partial charge in [-0.25, -0.2) is 0 Å². The van der Waals surface area contributed by atoms with Crippen LogP contribution in [0.15, 0.2) is 18.2 Å². The molecule has 1 aliphatic heterocycles. The third-order valence-corrected chi connectivity index (χ3v) is 3.49. The molecular formula is C16H24O2. The number of benzene rings is 1. The van der Waals surface area contributed by atoms with Crippen molar-refractivity contribution in [3.63, 3.8) is 0 Å². The summed E-state index contributed by atoms with van der Waals surface area (Å²) in [5, 5.41) is 10.4. The van der Waals surface area contributed by atoms with Gasteiger partial charge in [-0.05, 0) is 36.7 Å². The number of hydrogen-bond donors (Lipinski definition) is 1. The monoisotopic (exact) mass is 248 g/mol. The second-order valence-corrected chi connectivity index (χ2v) is 6.40. The highest BCUT2D eigenvalue weighted by molar-refractivity contribution is 5.43. The van der Waals surface area contributed by atoms with E-state index in [9.17, 15) is 5.11 Å². The van der Waals surface area contributed by atoms with E-state index in [0.717, 1.165) is 43.6 Å². The van der Waals surface area contributed by atoms with Gasteiger partial charge in [0.1, 0.15) is 5.75 Å². The number of hydrogen-bond acceptors (Lipinski definition) is 2. The first kappa shape index (κ1) is 13.4. The normalized spacial score (nSPS) is 16.9. The van der Waals surface area contributed by atoms with Crippen LogP contribution in [-0.4, -0.2) is 11.7 Å². The lowest BCUT2D eigenvalue weighted by Crippen LogP contribution is -2.13. The fraction of sp³-hybridized carbons (Fsp3) is 0.625. The molecule has 0 aliphatic carbocycles. The number of para-hydroxylation sites is 1. The van der Waals surface area contributed by atoms with Gasteiger partial charge in [0.15, 0.2) is 0 Å². The Morgan fingerprint density at radius 2 is 2.11 bits per heavy atom. The van der Waals surface area contributed by atoms with E-state index in [4.69, 9.17) is 4.74 Å². The highest BCUT2D eigenvalue weighted by Gasteiger charge is 2.21. The van der Waals surface area contributed by atoms with Gasteiger partial charge >= 0.3 is 0 Å². The summed E-state index contributed by atoms with van der Waals surface area (Å²) in [7, 11) is 0. The summed E-state index contributed by atoms with van der Waals surface area (Å²) in [5.41, 5.74) is 2.47. The lowest BCUT2D eigenvalue weighted by molar-refractivity contribution is 0.141. The number of ether oxygens (including phenoxy) is 1. The summed E-state index contributed by atoms with van der Waals surface area (Å²) >= 11 is 0. The van der Waals surface area contributed by atoms with E-state index in [2.05, 4.69) is 26.8 Å². The SMILES string of the molecule is CC(C)(C)CCC(O)c1cccc2c1OCCC2. The van der Waals surface area contributed by atoms with Crippen molar-refractivity contribution in [1.29, 1.82) is 0 Å². The molecule has 1 aromatic carbocycles. The lowest BCUT2D eigenvalue weighted by atomic mass is 9.87. The van der Waals surface area contributed by atoms with Gasteiger partial charge in [-0.15, -0.1) is 0 Å². The highest BCUT2D eigenvalue weighted by atomic mass is 16.5. The molecule has 2 rings (SSSR count). The minimum Gasteiger partial charge on any atom is -0.493 e. The average molecular weight is 248 g/mol. The first-order chi connectivity index (χ1) is 8.47. The Balaban J connectivity index is 2.12. The molecule has 0 saturated heterocycles. The van der Waals surface area contributed by atoms with Crippen LogP contribution in [0.3, 0.4) is 0 Å². The molecule has 1 unspecified atom stereocenters. The van der Waals surface area contributed by atoms with Gasteiger partial charge in [-0.1, -0.05) is 39.0 Å². The van der Waals surface area contributed by atoms with Crippen LogP contribution in [0.5, 0.6) is 5.75 Å². The van der Waals surface area contributed by atoms with Crippen LogP contribution in [0.2, 0.25) is 0 Å². The second kappa shape index (κ2) is 5.31. The molecule has 100 valence electrons. The summed E-state index contributed by atoms with van der Waals surface area (Å²) in [6.07, 6.45) is 3.54. The molecule has 0 radical (unpaired) electrons. The predicted octanol–water partition coefficient (Wildman–Crippen LogP) is 3.87. The number of aliphatic hydroxyl groups is 1. The van der Waals surface area contributed by atoms with Crippen molar-refractivity contribution in [2.75, 3.05) is 6.61 Å². The van der Waals surface area contributed by atoms with E-state index < -0.39 is 6.10 Å². The van der Waals surface area contributed by atoms with Gasteiger partial charge in [-0.2, -0.15) is 0 Å². The van der Waals surface area contributed by atoms with Crippen LogP contribution >= 0.6 is 0 Å². The molecule has 1 N–H and O–H groups in total. The van der Waals surface area contributed by atoms with Crippen molar-refractivity contribution in [1.82, 2.24) is 0 Å². The van der Waals surface area contributed by atoms with Crippen molar-refractivity contribution in [3.8, 4) is 5.75 Å². The number of aryl methyl sites for hydroxylation is 1.